The maximum absolute atomic E-state index is 13.0. The summed E-state index contributed by atoms with van der Waals surface area (Å²) in [5.74, 6) is 1.52. The molecule has 0 spiro atoms. The van der Waals surface area contributed by atoms with Gasteiger partial charge in [-0.15, -0.1) is 0 Å². The fourth-order valence-electron chi connectivity index (χ4n) is 4.42. The summed E-state index contributed by atoms with van der Waals surface area (Å²) in [4.78, 5) is 19.6. The first-order valence-corrected chi connectivity index (χ1v) is 13.4. The Morgan fingerprint density at radius 3 is 2.55 bits per heavy atom. The topological polar surface area (TPSA) is 80.5 Å². The number of hydrogen-bond donors (Lipinski definition) is 1. The summed E-state index contributed by atoms with van der Waals surface area (Å²) in [6.07, 6.45) is 1.79. The van der Waals surface area contributed by atoms with Crippen LogP contribution in [-0.2, 0) is 24.5 Å². The molecular formula is C29H28BrFN4O3. The molecule has 1 aliphatic rings. The van der Waals surface area contributed by atoms with E-state index in [0.29, 0.717) is 38.0 Å². The van der Waals surface area contributed by atoms with Crippen LogP contribution in [0.3, 0.4) is 0 Å². The Balaban J connectivity index is 1.08. The minimum atomic E-state index is -0.265. The molecule has 3 aromatic carbocycles. The SMILES string of the molecule is O=C(NCc1ccc(OCc2ccc(F)cc2)cc1)C1CCCN(Cc2nc(-c3ccc(Br)cc3)no2)C1. The van der Waals surface area contributed by atoms with Crippen LogP contribution in [0.2, 0.25) is 0 Å². The van der Waals surface area contributed by atoms with Gasteiger partial charge < -0.3 is 14.6 Å². The Labute approximate surface area is 229 Å². The summed E-state index contributed by atoms with van der Waals surface area (Å²) in [6.45, 7) is 2.88. The van der Waals surface area contributed by atoms with Crippen LogP contribution in [0, 0.1) is 11.7 Å². The first-order valence-electron chi connectivity index (χ1n) is 12.6. The van der Waals surface area contributed by atoms with Crippen LogP contribution in [0.15, 0.2) is 81.8 Å². The molecule has 1 amide bonds. The molecule has 5 rings (SSSR count). The average molecular weight is 579 g/mol. The second kappa shape index (κ2) is 12.3. The Morgan fingerprint density at radius 1 is 1.05 bits per heavy atom. The van der Waals surface area contributed by atoms with Crippen LogP contribution < -0.4 is 10.1 Å². The second-order valence-corrected chi connectivity index (χ2v) is 10.3. The lowest BCUT2D eigenvalue weighted by molar-refractivity contribution is -0.127. The number of rotatable bonds is 9. The lowest BCUT2D eigenvalue weighted by Crippen LogP contribution is -2.42. The summed E-state index contributed by atoms with van der Waals surface area (Å²) in [5, 5.41) is 7.17. The number of amides is 1. The smallest absolute Gasteiger partial charge is 0.241 e. The van der Waals surface area contributed by atoms with Crippen LogP contribution in [-0.4, -0.2) is 34.0 Å². The standard InChI is InChI=1S/C29H28BrFN4O3/c30-24-9-7-22(8-10-24)28-33-27(38-34-28)18-35-15-1-2-23(17-35)29(36)32-16-20-5-13-26(14-6-20)37-19-21-3-11-25(31)12-4-21/h3-14,23H,1-2,15-19H2,(H,32,36). The third-order valence-corrected chi connectivity index (χ3v) is 7.04. The fraction of sp³-hybridized carbons (Fsp3) is 0.276. The van der Waals surface area contributed by atoms with Gasteiger partial charge in [0.05, 0.1) is 12.5 Å². The number of likely N-dealkylation sites (tertiary alicyclic amines) is 1. The summed E-state index contributed by atoms with van der Waals surface area (Å²) in [5.41, 5.74) is 2.78. The summed E-state index contributed by atoms with van der Waals surface area (Å²) >= 11 is 3.43. The van der Waals surface area contributed by atoms with Gasteiger partial charge >= 0.3 is 0 Å². The third-order valence-electron chi connectivity index (χ3n) is 6.51. The monoisotopic (exact) mass is 578 g/mol. The van der Waals surface area contributed by atoms with Crippen molar-refractivity contribution in [3.8, 4) is 17.1 Å². The minimum absolute atomic E-state index is 0.0485. The molecule has 1 aromatic heterocycles. The van der Waals surface area contributed by atoms with Gasteiger partial charge in [0, 0.05) is 23.1 Å². The van der Waals surface area contributed by atoms with Crippen LogP contribution in [0.1, 0.15) is 29.9 Å². The Morgan fingerprint density at radius 2 is 1.79 bits per heavy atom. The molecule has 196 valence electrons. The normalized spacial score (nSPS) is 15.8. The maximum Gasteiger partial charge on any atom is 0.241 e. The Bertz CT molecular complexity index is 1340. The highest BCUT2D eigenvalue weighted by Crippen LogP contribution is 2.22. The van der Waals surface area contributed by atoms with Gasteiger partial charge in [-0.3, -0.25) is 9.69 Å². The van der Waals surface area contributed by atoms with E-state index in [1.165, 1.54) is 12.1 Å². The maximum atomic E-state index is 13.0. The van der Waals surface area contributed by atoms with Crippen molar-refractivity contribution < 1.29 is 18.4 Å². The zero-order valence-electron chi connectivity index (χ0n) is 20.8. The molecule has 7 nitrogen and oxygen atoms in total. The number of benzene rings is 3. The number of aromatic nitrogens is 2. The molecule has 0 radical (unpaired) electrons. The molecule has 0 saturated carbocycles. The molecule has 1 saturated heterocycles. The largest absolute Gasteiger partial charge is 0.489 e. The lowest BCUT2D eigenvalue weighted by Gasteiger charge is -2.30. The molecule has 1 aliphatic heterocycles. The molecule has 1 fully saturated rings. The van der Waals surface area contributed by atoms with E-state index in [-0.39, 0.29) is 17.6 Å². The van der Waals surface area contributed by atoms with Gasteiger partial charge in [-0.05, 0) is 79.0 Å². The predicted molar refractivity (Wildman–Crippen MR) is 144 cm³/mol. The summed E-state index contributed by atoms with van der Waals surface area (Å²) < 4.78 is 25.3. The number of ether oxygens (including phenoxy) is 1. The number of carbonyl (C=O) groups is 1. The van der Waals surface area contributed by atoms with E-state index in [1.807, 2.05) is 48.5 Å². The van der Waals surface area contributed by atoms with E-state index in [4.69, 9.17) is 9.26 Å². The highest BCUT2D eigenvalue weighted by molar-refractivity contribution is 9.10. The molecular weight excluding hydrogens is 551 g/mol. The molecule has 38 heavy (non-hydrogen) atoms. The van der Waals surface area contributed by atoms with Gasteiger partial charge in [0.1, 0.15) is 18.2 Å². The molecule has 1 atom stereocenters. The van der Waals surface area contributed by atoms with Crippen LogP contribution in [0.25, 0.3) is 11.4 Å². The van der Waals surface area contributed by atoms with Gasteiger partial charge in [-0.2, -0.15) is 4.98 Å². The summed E-state index contributed by atoms with van der Waals surface area (Å²) in [7, 11) is 0. The van der Waals surface area contributed by atoms with E-state index in [9.17, 15) is 9.18 Å². The molecule has 0 aliphatic carbocycles. The van der Waals surface area contributed by atoms with E-state index >= 15 is 0 Å². The van der Waals surface area contributed by atoms with Crippen LogP contribution in [0.4, 0.5) is 4.39 Å². The molecule has 0 bridgehead atoms. The van der Waals surface area contributed by atoms with Crippen molar-refractivity contribution in [2.75, 3.05) is 13.1 Å². The van der Waals surface area contributed by atoms with Crippen LogP contribution >= 0.6 is 15.9 Å². The lowest BCUT2D eigenvalue weighted by atomic mass is 9.97. The van der Waals surface area contributed by atoms with Crippen molar-refractivity contribution in [2.45, 2.75) is 32.5 Å². The number of nitrogens with one attached hydrogen (secondary N) is 1. The molecule has 4 aromatic rings. The van der Waals surface area contributed by atoms with Gasteiger partial charge in [-0.25, -0.2) is 4.39 Å². The van der Waals surface area contributed by atoms with E-state index in [0.717, 1.165) is 46.3 Å². The van der Waals surface area contributed by atoms with Crippen LogP contribution in [0.5, 0.6) is 5.75 Å². The summed E-state index contributed by atoms with van der Waals surface area (Å²) in [6, 6.07) is 21.6. The highest BCUT2D eigenvalue weighted by Gasteiger charge is 2.26. The minimum Gasteiger partial charge on any atom is -0.489 e. The van der Waals surface area contributed by atoms with Gasteiger partial charge in [-0.1, -0.05) is 45.4 Å². The molecule has 1 unspecified atom stereocenters. The van der Waals surface area contributed by atoms with E-state index in [1.54, 1.807) is 12.1 Å². The third kappa shape index (κ3) is 7.05. The van der Waals surface area contributed by atoms with E-state index < -0.39 is 0 Å². The average Bonchev–Trinajstić information content (AvgIpc) is 3.41. The number of hydrogen-bond acceptors (Lipinski definition) is 6. The Hall–Kier alpha value is -3.56. The number of piperidine rings is 1. The quantitative estimate of drug-likeness (QED) is 0.272. The number of carbonyl (C=O) groups excluding carboxylic acids is 1. The van der Waals surface area contributed by atoms with Gasteiger partial charge in [0.2, 0.25) is 17.6 Å². The highest BCUT2D eigenvalue weighted by atomic mass is 79.9. The van der Waals surface area contributed by atoms with Crippen molar-refractivity contribution >= 4 is 21.8 Å². The fourth-order valence-corrected chi connectivity index (χ4v) is 4.69. The zero-order chi connectivity index (χ0) is 26.3. The number of nitrogens with zero attached hydrogens (tertiary/aromatic N) is 3. The van der Waals surface area contributed by atoms with Crippen molar-refractivity contribution in [3.63, 3.8) is 0 Å². The predicted octanol–water partition coefficient (Wildman–Crippen LogP) is 5.75. The van der Waals surface area contributed by atoms with Crippen molar-refractivity contribution in [3.05, 3.63) is 100 Å². The second-order valence-electron chi connectivity index (χ2n) is 9.37. The first-order chi connectivity index (χ1) is 18.5. The Kier molecular flexibility index (Phi) is 8.45. The van der Waals surface area contributed by atoms with Gasteiger partial charge in [0.25, 0.3) is 0 Å². The molecule has 9 heteroatoms. The van der Waals surface area contributed by atoms with Crippen molar-refractivity contribution in [1.82, 2.24) is 20.4 Å². The van der Waals surface area contributed by atoms with Crippen molar-refractivity contribution in [2.24, 2.45) is 5.92 Å². The number of halogens is 2. The van der Waals surface area contributed by atoms with Crippen molar-refractivity contribution in [1.29, 1.82) is 0 Å². The molecule has 2 heterocycles. The zero-order valence-corrected chi connectivity index (χ0v) is 22.4. The van der Waals surface area contributed by atoms with Gasteiger partial charge in [0.15, 0.2) is 0 Å². The molecule has 1 N–H and O–H groups in total. The van der Waals surface area contributed by atoms with E-state index in [2.05, 4.69) is 36.3 Å². The first kappa shape index (κ1) is 26.1.